The third-order valence-electron chi connectivity index (χ3n) is 3.52. The van der Waals surface area contributed by atoms with Crippen molar-refractivity contribution in [3.8, 4) is 5.75 Å². The Morgan fingerprint density at radius 1 is 1.14 bits per heavy atom. The summed E-state index contributed by atoms with van der Waals surface area (Å²) >= 11 is 5.94. The van der Waals surface area contributed by atoms with Gasteiger partial charge in [0.1, 0.15) is 11.6 Å². The first-order chi connectivity index (χ1) is 10.1. The molecule has 0 radical (unpaired) electrons. The van der Waals surface area contributed by atoms with Crippen molar-refractivity contribution in [1.29, 1.82) is 0 Å². The molecule has 0 saturated carbocycles. The highest BCUT2D eigenvalue weighted by Crippen LogP contribution is 2.18. The Balaban J connectivity index is 2.07. The molecule has 2 aromatic rings. The molecule has 0 aliphatic rings. The van der Waals surface area contributed by atoms with E-state index in [9.17, 15) is 4.39 Å². The van der Waals surface area contributed by atoms with E-state index in [1.807, 2.05) is 31.3 Å². The van der Waals surface area contributed by atoms with Crippen molar-refractivity contribution in [1.82, 2.24) is 5.32 Å². The van der Waals surface area contributed by atoms with E-state index in [1.54, 1.807) is 19.2 Å². The molecule has 0 fully saturated rings. The van der Waals surface area contributed by atoms with E-state index in [1.165, 1.54) is 11.6 Å². The number of halogens is 2. The molecular formula is C17H19ClFNO. The van der Waals surface area contributed by atoms with Crippen molar-refractivity contribution >= 4 is 11.6 Å². The maximum Gasteiger partial charge on any atom is 0.126 e. The van der Waals surface area contributed by atoms with Crippen LogP contribution in [-0.4, -0.2) is 20.2 Å². The number of benzene rings is 2. The Labute approximate surface area is 129 Å². The molecule has 2 nitrogen and oxygen atoms in total. The standard InChI is InChI=1S/C17H19ClFNO/c1-20-15(9-12-3-6-16(21-2)7-4-12)11-13-10-14(18)5-8-17(13)19/h3-8,10,15,20H,9,11H2,1-2H3. The van der Waals surface area contributed by atoms with E-state index in [0.717, 1.165) is 12.2 Å². The van der Waals surface area contributed by atoms with E-state index in [0.29, 0.717) is 17.0 Å². The van der Waals surface area contributed by atoms with Crippen molar-refractivity contribution in [2.45, 2.75) is 18.9 Å². The summed E-state index contributed by atoms with van der Waals surface area (Å²) in [6, 6.07) is 12.7. The lowest BCUT2D eigenvalue weighted by Gasteiger charge is -2.17. The number of hydrogen-bond donors (Lipinski definition) is 1. The van der Waals surface area contributed by atoms with Gasteiger partial charge in [-0.3, -0.25) is 0 Å². The van der Waals surface area contributed by atoms with Crippen LogP contribution in [0.2, 0.25) is 5.02 Å². The van der Waals surface area contributed by atoms with Gasteiger partial charge >= 0.3 is 0 Å². The summed E-state index contributed by atoms with van der Waals surface area (Å²) in [5, 5.41) is 3.79. The molecule has 0 aliphatic heterocycles. The molecule has 0 aliphatic carbocycles. The van der Waals surface area contributed by atoms with Crippen molar-refractivity contribution in [3.63, 3.8) is 0 Å². The van der Waals surface area contributed by atoms with Gasteiger partial charge in [-0.1, -0.05) is 23.7 Å². The summed E-state index contributed by atoms with van der Waals surface area (Å²) in [6.45, 7) is 0. The van der Waals surface area contributed by atoms with Crippen LogP contribution in [0.1, 0.15) is 11.1 Å². The zero-order valence-corrected chi connectivity index (χ0v) is 13.0. The summed E-state index contributed by atoms with van der Waals surface area (Å²) in [5.74, 6) is 0.620. The maximum absolute atomic E-state index is 13.8. The van der Waals surface area contributed by atoms with E-state index in [2.05, 4.69) is 5.32 Å². The molecule has 0 bridgehead atoms. The largest absolute Gasteiger partial charge is 0.497 e. The molecule has 0 amide bonds. The summed E-state index contributed by atoms with van der Waals surface area (Å²) < 4.78 is 18.9. The second kappa shape index (κ2) is 7.43. The Bertz CT molecular complexity index is 586. The Hall–Kier alpha value is -1.58. The Morgan fingerprint density at radius 2 is 1.86 bits per heavy atom. The number of ether oxygens (including phenoxy) is 1. The van der Waals surface area contributed by atoms with Gasteiger partial charge < -0.3 is 10.1 Å². The van der Waals surface area contributed by atoms with Gasteiger partial charge in [-0.15, -0.1) is 0 Å². The summed E-state index contributed by atoms with van der Waals surface area (Å²) in [5.41, 5.74) is 1.81. The minimum Gasteiger partial charge on any atom is -0.497 e. The minimum absolute atomic E-state index is 0.145. The Kier molecular flexibility index (Phi) is 5.59. The SMILES string of the molecule is CNC(Cc1ccc(OC)cc1)Cc1cc(Cl)ccc1F. The predicted octanol–water partition coefficient (Wildman–Crippen LogP) is 3.86. The highest BCUT2D eigenvalue weighted by Gasteiger charge is 2.12. The second-order valence-electron chi connectivity index (χ2n) is 4.98. The average molecular weight is 308 g/mol. The maximum atomic E-state index is 13.8. The van der Waals surface area contributed by atoms with Crippen molar-refractivity contribution < 1.29 is 9.13 Å². The van der Waals surface area contributed by atoms with E-state index >= 15 is 0 Å². The molecule has 0 aromatic heterocycles. The molecule has 2 rings (SSSR count). The predicted molar refractivity (Wildman–Crippen MR) is 84.7 cm³/mol. The second-order valence-corrected chi connectivity index (χ2v) is 5.41. The third kappa shape index (κ3) is 4.45. The molecule has 0 heterocycles. The van der Waals surface area contributed by atoms with Crippen molar-refractivity contribution in [2.75, 3.05) is 14.2 Å². The van der Waals surface area contributed by atoms with E-state index in [-0.39, 0.29) is 11.9 Å². The summed E-state index contributed by atoms with van der Waals surface area (Å²) in [4.78, 5) is 0. The van der Waals surface area contributed by atoms with Crippen LogP contribution in [0.5, 0.6) is 5.75 Å². The monoisotopic (exact) mass is 307 g/mol. The highest BCUT2D eigenvalue weighted by molar-refractivity contribution is 6.30. The van der Waals surface area contributed by atoms with Gasteiger partial charge in [-0.05, 0) is 61.3 Å². The first-order valence-corrected chi connectivity index (χ1v) is 7.24. The normalized spacial score (nSPS) is 12.2. The molecule has 1 unspecified atom stereocenters. The van der Waals surface area contributed by atoms with Gasteiger partial charge in [-0.2, -0.15) is 0 Å². The van der Waals surface area contributed by atoms with Crippen molar-refractivity contribution in [3.05, 3.63) is 64.4 Å². The first-order valence-electron chi connectivity index (χ1n) is 6.86. The summed E-state index contributed by atoms with van der Waals surface area (Å²) in [7, 11) is 3.53. The third-order valence-corrected chi connectivity index (χ3v) is 3.76. The van der Waals surface area contributed by atoms with Gasteiger partial charge in [-0.25, -0.2) is 4.39 Å². The van der Waals surface area contributed by atoms with Crippen LogP contribution in [0.25, 0.3) is 0 Å². The zero-order chi connectivity index (χ0) is 15.2. The number of hydrogen-bond acceptors (Lipinski definition) is 2. The van der Waals surface area contributed by atoms with Gasteiger partial charge in [0.25, 0.3) is 0 Å². The van der Waals surface area contributed by atoms with Gasteiger partial charge in [0, 0.05) is 11.1 Å². The molecule has 2 aromatic carbocycles. The van der Waals surface area contributed by atoms with Crippen LogP contribution in [0, 0.1) is 5.82 Å². The lowest BCUT2D eigenvalue weighted by molar-refractivity contribution is 0.414. The van der Waals surface area contributed by atoms with Crippen LogP contribution in [-0.2, 0) is 12.8 Å². The fourth-order valence-corrected chi connectivity index (χ4v) is 2.48. The van der Waals surface area contributed by atoms with Crippen LogP contribution in [0.15, 0.2) is 42.5 Å². The summed E-state index contributed by atoms with van der Waals surface area (Å²) in [6.07, 6.45) is 1.40. The fourth-order valence-electron chi connectivity index (χ4n) is 2.29. The molecular weight excluding hydrogens is 289 g/mol. The van der Waals surface area contributed by atoms with Crippen LogP contribution >= 0.6 is 11.6 Å². The van der Waals surface area contributed by atoms with E-state index < -0.39 is 0 Å². The Morgan fingerprint density at radius 3 is 2.48 bits per heavy atom. The number of likely N-dealkylation sites (N-methyl/N-ethyl adjacent to an activating group) is 1. The topological polar surface area (TPSA) is 21.3 Å². The lowest BCUT2D eigenvalue weighted by Crippen LogP contribution is -2.30. The molecule has 0 saturated heterocycles. The zero-order valence-electron chi connectivity index (χ0n) is 12.2. The average Bonchev–Trinajstić information content (AvgIpc) is 2.51. The lowest BCUT2D eigenvalue weighted by atomic mass is 9.98. The fraction of sp³-hybridized carbons (Fsp3) is 0.294. The number of rotatable bonds is 6. The molecule has 1 N–H and O–H groups in total. The van der Waals surface area contributed by atoms with Crippen LogP contribution in [0.3, 0.4) is 0 Å². The molecule has 112 valence electrons. The van der Waals surface area contributed by atoms with Gasteiger partial charge in [0.2, 0.25) is 0 Å². The molecule has 1 atom stereocenters. The minimum atomic E-state index is -0.214. The van der Waals surface area contributed by atoms with Crippen molar-refractivity contribution in [2.24, 2.45) is 0 Å². The van der Waals surface area contributed by atoms with Gasteiger partial charge in [0.05, 0.1) is 7.11 Å². The van der Waals surface area contributed by atoms with Crippen LogP contribution in [0.4, 0.5) is 4.39 Å². The highest BCUT2D eigenvalue weighted by atomic mass is 35.5. The smallest absolute Gasteiger partial charge is 0.126 e. The molecule has 0 spiro atoms. The first kappa shape index (κ1) is 15.8. The quantitative estimate of drug-likeness (QED) is 0.875. The number of methoxy groups -OCH3 is 1. The molecule has 21 heavy (non-hydrogen) atoms. The van der Waals surface area contributed by atoms with Crippen LogP contribution < -0.4 is 10.1 Å². The number of nitrogens with one attached hydrogen (secondary N) is 1. The van der Waals surface area contributed by atoms with Gasteiger partial charge in [0.15, 0.2) is 0 Å². The molecule has 4 heteroatoms. The van der Waals surface area contributed by atoms with E-state index in [4.69, 9.17) is 16.3 Å².